The molecule has 5 nitrogen and oxygen atoms in total. The highest BCUT2D eigenvalue weighted by Crippen LogP contribution is 2.21. The first-order chi connectivity index (χ1) is 9.28. The van der Waals surface area contributed by atoms with Gasteiger partial charge < -0.3 is 16.0 Å². The van der Waals surface area contributed by atoms with Gasteiger partial charge in [0.2, 0.25) is 5.91 Å². The van der Waals surface area contributed by atoms with Gasteiger partial charge in [0.05, 0.1) is 0 Å². The summed E-state index contributed by atoms with van der Waals surface area (Å²) in [7, 11) is 0. The van der Waals surface area contributed by atoms with Crippen LogP contribution in [0.15, 0.2) is 4.99 Å². The smallest absolute Gasteiger partial charge is 0.241 e. The topological polar surface area (TPSA) is 65.5 Å². The molecule has 0 aliphatic heterocycles. The van der Waals surface area contributed by atoms with E-state index in [9.17, 15) is 4.79 Å². The van der Waals surface area contributed by atoms with Crippen molar-refractivity contribution >= 4 is 11.9 Å². The molecule has 3 N–H and O–H groups in total. The summed E-state index contributed by atoms with van der Waals surface area (Å²) in [6.45, 7) is 14.4. The van der Waals surface area contributed by atoms with Gasteiger partial charge in [-0.25, -0.2) is 4.99 Å². The van der Waals surface area contributed by atoms with Crippen molar-refractivity contribution < 1.29 is 4.79 Å². The van der Waals surface area contributed by atoms with Crippen molar-refractivity contribution in [1.82, 2.24) is 16.0 Å². The van der Waals surface area contributed by atoms with E-state index in [0.29, 0.717) is 24.0 Å². The Bertz CT molecular complexity index is 307. The van der Waals surface area contributed by atoms with Crippen molar-refractivity contribution in [3.05, 3.63) is 0 Å². The maximum Gasteiger partial charge on any atom is 0.241 e. The minimum absolute atomic E-state index is 0.0490. The molecule has 0 bridgehead atoms. The molecule has 1 atom stereocenters. The third kappa shape index (κ3) is 10.6. The number of aliphatic imine (C=N–C) groups is 1. The maximum atomic E-state index is 11.4. The number of guanidine groups is 1. The number of rotatable bonds is 7. The van der Waals surface area contributed by atoms with Crippen LogP contribution in [0.2, 0.25) is 0 Å². The Hall–Kier alpha value is -1.26. The van der Waals surface area contributed by atoms with E-state index in [2.05, 4.69) is 48.6 Å². The second-order valence-electron chi connectivity index (χ2n) is 6.29. The molecule has 0 saturated heterocycles. The highest BCUT2D eigenvalue weighted by molar-refractivity contribution is 5.84. The molecule has 0 aliphatic rings. The van der Waals surface area contributed by atoms with Crippen molar-refractivity contribution in [2.24, 2.45) is 10.4 Å². The zero-order valence-electron chi connectivity index (χ0n) is 14.0. The van der Waals surface area contributed by atoms with Crippen LogP contribution >= 0.6 is 0 Å². The zero-order chi connectivity index (χ0) is 15.6. The summed E-state index contributed by atoms with van der Waals surface area (Å²) in [6.07, 6.45) is 2.23. The van der Waals surface area contributed by atoms with Gasteiger partial charge >= 0.3 is 0 Å². The van der Waals surface area contributed by atoms with Crippen LogP contribution in [0.4, 0.5) is 0 Å². The Morgan fingerprint density at radius 1 is 1.15 bits per heavy atom. The van der Waals surface area contributed by atoms with Gasteiger partial charge in [-0.05, 0) is 39.0 Å². The third-order valence-corrected chi connectivity index (χ3v) is 2.81. The largest absolute Gasteiger partial charge is 0.357 e. The van der Waals surface area contributed by atoms with E-state index in [4.69, 9.17) is 0 Å². The standard InChI is InChI=1S/C15H32N4O/c1-7-16-13(20)11-18-14(17-8-2)19-12(3)9-10-15(4,5)6/h12H,7-11H2,1-6H3,(H,16,20)(H2,17,18,19). The second-order valence-corrected chi connectivity index (χ2v) is 6.29. The van der Waals surface area contributed by atoms with Gasteiger partial charge in [-0.1, -0.05) is 20.8 Å². The van der Waals surface area contributed by atoms with E-state index in [1.165, 1.54) is 0 Å². The van der Waals surface area contributed by atoms with Gasteiger partial charge in [-0.3, -0.25) is 4.79 Å². The summed E-state index contributed by atoms with van der Waals surface area (Å²) in [5, 5.41) is 9.25. The molecule has 1 amide bonds. The van der Waals surface area contributed by atoms with Gasteiger partial charge in [-0.15, -0.1) is 0 Å². The summed E-state index contributed by atoms with van der Waals surface area (Å²) in [5.74, 6) is 0.659. The molecule has 0 spiro atoms. The normalized spacial score (nSPS) is 13.8. The van der Waals surface area contributed by atoms with E-state index < -0.39 is 0 Å². The number of nitrogens with one attached hydrogen (secondary N) is 3. The number of hydrogen-bond acceptors (Lipinski definition) is 2. The average molecular weight is 284 g/mol. The van der Waals surface area contributed by atoms with Gasteiger partial charge in [-0.2, -0.15) is 0 Å². The van der Waals surface area contributed by atoms with Crippen molar-refractivity contribution in [2.45, 2.75) is 60.4 Å². The molecule has 0 aromatic heterocycles. The number of carbonyl (C=O) groups is 1. The molecule has 0 aromatic rings. The third-order valence-electron chi connectivity index (χ3n) is 2.81. The van der Waals surface area contributed by atoms with E-state index >= 15 is 0 Å². The Morgan fingerprint density at radius 3 is 2.25 bits per heavy atom. The first-order valence-electron chi connectivity index (χ1n) is 7.60. The van der Waals surface area contributed by atoms with Crippen LogP contribution < -0.4 is 16.0 Å². The Labute approximate surface area is 124 Å². The van der Waals surface area contributed by atoms with E-state index in [1.807, 2.05) is 13.8 Å². The molecular weight excluding hydrogens is 252 g/mol. The number of carbonyl (C=O) groups excluding carboxylic acids is 1. The zero-order valence-corrected chi connectivity index (χ0v) is 14.0. The first-order valence-corrected chi connectivity index (χ1v) is 7.60. The van der Waals surface area contributed by atoms with Gasteiger partial charge in [0, 0.05) is 19.1 Å². The highest BCUT2D eigenvalue weighted by Gasteiger charge is 2.13. The van der Waals surface area contributed by atoms with Crippen molar-refractivity contribution in [2.75, 3.05) is 19.6 Å². The Kier molecular flexibility index (Phi) is 9.01. The quantitative estimate of drug-likeness (QED) is 0.494. The minimum atomic E-state index is -0.0490. The molecule has 118 valence electrons. The van der Waals surface area contributed by atoms with E-state index in [0.717, 1.165) is 19.4 Å². The van der Waals surface area contributed by atoms with Crippen molar-refractivity contribution in [3.63, 3.8) is 0 Å². The fourth-order valence-electron chi connectivity index (χ4n) is 1.68. The van der Waals surface area contributed by atoms with Crippen molar-refractivity contribution in [3.8, 4) is 0 Å². The Morgan fingerprint density at radius 2 is 1.75 bits per heavy atom. The lowest BCUT2D eigenvalue weighted by atomic mass is 9.89. The molecule has 0 saturated carbocycles. The average Bonchev–Trinajstić information content (AvgIpc) is 2.33. The fraction of sp³-hybridized carbons (Fsp3) is 0.867. The van der Waals surface area contributed by atoms with Crippen LogP contribution in [0.3, 0.4) is 0 Å². The molecule has 0 fully saturated rings. The molecule has 0 radical (unpaired) electrons. The number of amides is 1. The molecule has 0 aromatic carbocycles. The summed E-state index contributed by atoms with van der Waals surface area (Å²) in [4.78, 5) is 15.7. The summed E-state index contributed by atoms with van der Waals surface area (Å²) >= 11 is 0. The van der Waals surface area contributed by atoms with Crippen LogP contribution in [-0.4, -0.2) is 37.5 Å². The molecule has 0 rings (SSSR count). The molecule has 0 heterocycles. The Balaban J connectivity index is 4.30. The molecular formula is C15H32N4O. The van der Waals surface area contributed by atoms with E-state index in [-0.39, 0.29) is 12.5 Å². The lowest BCUT2D eigenvalue weighted by Gasteiger charge is -2.23. The summed E-state index contributed by atoms with van der Waals surface area (Å²) in [6, 6.07) is 0.335. The summed E-state index contributed by atoms with van der Waals surface area (Å²) < 4.78 is 0. The SMILES string of the molecule is CCNC(=O)CN=C(NCC)NC(C)CCC(C)(C)C. The molecule has 1 unspecified atom stereocenters. The predicted octanol–water partition coefficient (Wildman–Crippen LogP) is 1.89. The van der Waals surface area contributed by atoms with Crippen LogP contribution in [0.25, 0.3) is 0 Å². The predicted molar refractivity (Wildman–Crippen MR) is 85.9 cm³/mol. The molecule has 20 heavy (non-hydrogen) atoms. The number of likely N-dealkylation sites (N-methyl/N-ethyl adjacent to an activating group) is 1. The number of hydrogen-bond donors (Lipinski definition) is 3. The second kappa shape index (κ2) is 9.61. The molecule has 5 heteroatoms. The van der Waals surface area contributed by atoms with Crippen molar-refractivity contribution in [1.29, 1.82) is 0 Å². The minimum Gasteiger partial charge on any atom is -0.357 e. The first kappa shape index (κ1) is 18.7. The lowest BCUT2D eigenvalue weighted by molar-refractivity contribution is -0.119. The fourth-order valence-corrected chi connectivity index (χ4v) is 1.68. The van der Waals surface area contributed by atoms with Gasteiger partial charge in [0.25, 0.3) is 0 Å². The maximum absolute atomic E-state index is 11.4. The van der Waals surface area contributed by atoms with Gasteiger partial charge in [0.15, 0.2) is 5.96 Å². The van der Waals surface area contributed by atoms with Crippen LogP contribution in [0.1, 0.15) is 54.4 Å². The number of nitrogens with zero attached hydrogens (tertiary/aromatic N) is 1. The highest BCUT2D eigenvalue weighted by atomic mass is 16.1. The van der Waals surface area contributed by atoms with Crippen LogP contribution in [0, 0.1) is 5.41 Å². The van der Waals surface area contributed by atoms with E-state index in [1.54, 1.807) is 0 Å². The van der Waals surface area contributed by atoms with Crippen LogP contribution in [-0.2, 0) is 4.79 Å². The molecule has 0 aliphatic carbocycles. The van der Waals surface area contributed by atoms with Gasteiger partial charge in [0.1, 0.15) is 6.54 Å². The summed E-state index contributed by atoms with van der Waals surface area (Å²) in [5.41, 5.74) is 0.340. The van der Waals surface area contributed by atoms with Crippen LogP contribution in [0.5, 0.6) is 0 Å². The lowest BCUT2D eigenvalue weighted by Crippen LogP contribution is -2.43. The monoisotopic (exact) mass is 284 g/mol.